The Balaban J connectivity index is 2.64. The number of methoxy groups -OCH3 is 4. The fourth-order valence-electron chi connectivity index (χ4n) is 2.15. The highest BCUT2D eigenvalue weighted by Gasteiger charge is 2.17. The highest BCUT2D eigenvalue weighted by atomic mass is 16.7. The van der Waals surface area contributed by atoms with Crippen molar-refractivity contribution in [3.63, 3.8) is 0 Å². The fourth-order valence-corrected chi connectivity index (χ4v) is 2.15. The Morgan fingerprint density at radius 1 is 1.14 bits per heavy atom. The molecule has 0 aromatic heterocycles. The molecule has 124 valence electrons. The van der Waals surface area contributed by atoms with Gasteiger partial charge in [0.1, 0.15) is 11.5 Å². The van der Waals surface area contributed by atoms with Gasteiger partial charge in [-0.05, 0) is 17.5 Å². The molecule has 0 bridgehead atoms. The summed E-state index contributed by atoms with van der Waals surface area (Å²) in [7, 11) is 6.27. The van der Waals surface area contributed by atoms with Gasteiger partial charge in [-0.1, -0.05) is 13.0 Å². The zero-order valence-electron chi connectivity index (χ0n) is 13.8. The molecule has 6 heteroatoms. The number of hydrogen-bond acceptors (Lipinski definition) is 5. The minimum Gasteiger partial charge on any atom is -0.497 e. The lowest BCUT2D eigenvalue weighted by molar-refractivity contribution is -0.127. The number of nitrogens with one attached hydrogen (secondary N) is 1. The second kappa shape index (κ2) is 9.27. The van der Waals surface area contributed by atoms with Crippen molar-refractivity contribution in [2.75, 3.05) is 35.0 Å². The quantitative estimate of drug-likeness (QED) is 0.706. The van der Waals surface area contributed by atoms with E-state index in [4.69, 9.17) is 18.9 Å². The van der Waals surface area contributed by atoms with Gasteiger partial charge in [0, 0.05) is 26.7 Å². The van der Waals surface area contributed by atoms with Gasteiger partial charge >= 0.3 is 0 Å². The highest BCUT2D eigenvalue weighted by Crippen LogP contribution is 2.32. The maximum Gasteiger partial charge on any atom is 0.220 e. The van der Waals surface area contributed by atoms with Crippen LogP contribution in [-0.4, -0.2) is 47.2 Å². The molecule has 0 aliphatic heterocycles. The lowest BCUT2D eigenvalue weighted by Gasteiger charge is -2.18. The van der Waals surface area contributed by atoms with Gasteiger partial charge in [0.15, 0.2) is 6.29 Å². The van der Waals surface area contributed by atoms with Crippen molar-refractivity contribution < 1.29 is 23.7 Å². The van der Waals surface area contributed by atoms with E-state index in [1.165, 1.54) is 14.2 Å². The maximum atomic E-state index is 12.0. The average Bonchev–Trinajstić information content (AvgIpc) is 2.54. The summed E-state index contributed by atoms with van der Waals surface area (Å²) in [5.41, 5.74) is 0.966. The summed E-state index contributed by atoms with van der Waals surface area (Å²) in [4.78, 5) is 12.0. The molecule has 1 rings (SSSR count). The fraction of sp³-hybridized carbons (Fsp3) is 0.562. The molecule has 1 amide bonds. The second-order valence-corrected chi connectivity index (χ2v) is 4.92. The van der Waals surface area contributed by atoms with Crippen molar-refractivity contribution in [3.8, 4) is 11.5 Å². The van der Waals surface area contributed by atoms with E-state index in [1.807, 2.05) is 25.1 Å². The summed E-state index contributed by atoms with van der Waals surface area (Å²) in [6, 6.07) is 5.59. The summed E-state index contributed by atoms with van der Waals surface area (Å²) in [6.07, 6.45) is -0.0854. The van der Waals surface area contributed by atoms with Gasteiger partial charge < -0.3 is 24.3 Å². The molecule has 0 aliphatic rings. The zero-order chi connectivity index (χ0) is 16.5. The first-order chi connectivity index (χ1) is 10.5. The number of ether oxygens (including phenoxy) is 4. The van der Waals surface area contributed by atoms with Gasteiger partial charge in [0.2, 0.25) is 5.91 Å². The predicted octanol–water partition coefficient (Wildman–Crippen LogP) is 1.93. The van der Waals surface area contributed by atoms with E-state index in [0.29, 0.717) is 18.7 Å². The number of rotatable bonds is 9. The van der Waals surface area contributed by atoms with Crippen LogP contribution in [0.4, 0.5) is 0 Å². The van der Waals surface area contributed by atoms with E-state index in [-0.39, 0.29) is 11.8 Å². The van der Waals surface area contributed by atoms with Crippen LogP contribution in [0.3, 0.4) is 0 Å². The standard InChI is InChI=1S/C16H25NO5/c1-11(8-15(18)17-10-16(21-4)22-5)13-7-6-12(19-2)9-14(13)20-3/h6-7,9,11,16H,8,10H2,1-5H3,(H,17,18). The number of carbonyl (C=O) groups excluding carboxylic acids is 1. The third-order valence-corrected chi connectivity index (χ3v) is 3.45. The molecule has 1 N–H and O–H groups in total. The molecule has 0 saturated heterocycles. The minimum absolute atomic E-state index is 0.0180. The minimum atomic E-state index is -0.435. The molecule has 0 heterocycles. The molecule has 1 aromatic carbocycles. The lowest BCUT2D eigenvalue weighted by Crippen LogP contribution is -2.34. The van der Waals surface area contributed by atoms with Crippen LogP contribution in [-0.2, 0) is 14.3 Å². The Morgan fingerprint density at radius 3 is 2.36 bits per heavy atom. The zero-order valence-corrected chi connectivity index (χ0v) is 13.8. The number of carbonyl (C=O) groups is 1. The molecule has 0 fully saturated rings. The average molecular weight is 311 g/mol. The molecule has 22 heavy (non-hydrogen) atoms. The molecule has 0 spiro atoms. The van der Waals surface area contributed by atoms with Crippen molar-refractivity contribution in [2.45, 2.75) is 25.6 Å². The first kappa shape index (κ1) is 18.3. The third kappa shape index (κ3) is 5.20. The van der Waals surface area contributed by atoms with Crippen LogP contribution in [0.2, 0.25) is 0 Å². The Bertz CT molecular complexity index is 474. The van der Waals surface area contributed by atoms with Crippen LogP contribution in [0.5, 0.6) is 11.5 Å². The molecule has 0 radical (unpaired) electrons. The second-order valence-electron chi connectivity index (χ2n) is 4.92. The van der Waals surface area contributed by atoms with E-state index < -0.39 is 6.29 Å². The van der Waals surface area contributed by atoms with Gasteiger partial charge in [0.05, 0.1) is 20.8 Å². The normalized spacial score (nSPS) is 12.1. The molecule has 0 aliphatic carbocycles. The predicted molar refractivity (Wildman–Crippen MR) is 83.4 cm³/mol. The van der Waals surface area contributed by atoms with Gasteiger partial charge in [0.25, 0.3) is 0 Å². The molecule has 1 aromatic rings. The summed E-state index contributed by atoms with van der Waals surface area (Å²) in [5, 5.41) is 2.79. The third-order valence-electron chi connectivity index (χ3n) is 3.45. The maximum absolute atomic E-state index is 12.0. The summed E-state index contributed by atoms with van der Waals surface area (Å²) in [6.45, 7) is 2.30. The first-order valence-corrected chi connectivity index (χ1v) is 7.09. The molecule has 0 saturated carbocycles. The van der Waals surface area contributed by atoms with Crippen molar-refractivity contribution in [1.29, 1.82) is 0 Å². The first-order valence-electron chi connectivity index (χ1n) is 7.09. The van der Waals surface area contributed by atoms with Crippen molar-refractivity contribution in [2.24, 2.45) is 0 Å². The lowest BCUT2D eigenvalue weighted by atomic mass is 9.96. The van der Waals surface area contributed by atoms with Crippen LogP contribution in [0.1, 0.15) is 24.8 Å². The number of amides is 1. The van der Waals surface area contributed by atoms with Crippen molar-refractivity contribution in [3.05, 3.63) is 23.8 Å². The van der Waals surface area contributed by atoms with Gasteiger partial charge in [-0.2, -0.15) is 0 Å². The van der Waals surface area contributed by atoms with E-state index in [1.54, 1.807) is 14.2 Å². The summed E-state index contributed by atoms with van der Waals surface area (Å²) in [5.74, 6) is 1.39. The Labute approximate surface area is 131 Å². The number of hydrogen-bond donors (Lipinski definition) is 1. The van der Waals surface area contributed by atoms with Crippen LogP contribution in [0.15, 0.2) is 18.2 Å². The van der Waals surface area contributed by atoms with Crippen LogP contribution in [0.25, 0.3) is 0 Å². The van der Waals surface area contributed by atoms with Crippen molar-refractivity contribution in [1.82, 2.24) is 5.32 Å². The molecular weight excluding hydrogens is 286 g/mol. The number of benzene rings is 1. The van der Waals surface area contributed by atoms with E-state index in [2.05, 4.69) is 5.32 Å². The SMILES string of the molecule is COc1ccc(C(C)CC(=O)NCC(OC)OC)c(OC)c1. The van der Waals surface area contributed by atoms with Crippen LogP contribution >= 0.6 is 0 Å². The van der Waals surface area contributed by atoms with Crippen LogP contribution in [0, 0.1) is 0 Å². The van der Waals surface area contributed by atoms with Gasteiger partial charge in [-0.15, -0.1) is 0 Å². The van der Waals surface area contributed by atoms with Crippen LogP contribution < -0.4 is 14.8 Å². The summed E-state index contributed by atoms with van der Waals surface area (Å²) >= 11 is 0. The Hall–Kier alpha value is -1.79. The van der Waals surface area contributed by atoms with Gasteiger partial charge in [-0.3, -0.25) is 4.79 Å². The van der Waals surface area contributed by atoms with Crippen molar-refractivity contribution >= 4 is 5.91 Å². The largest absolute Gasteiger partial charge is 0.497 e. The molecule has 1 atom stereocenters. The van der Waals surface area contributed by atoms with E-state index in [0.717, 1.165) is 11.3 Å². The Morgan fingerprint density at radius 2 is 1.82 bits per heavy atom. The monoisotopic (exact) mass is 311 g/mol. The summed E-state index contributed by atoms with van der Waals surface area (Å²) < 4.78 is 20.6. The smallest absolute Gasteiger partial charge is 0.220 e. The molecule has 6 nitrogen and oxygen atoms in total. The van der Waals surface area contributed by atoms with E-state index in [9.17, 15) is 4.79 Å². The molecular formula is C16H25NO5. The Kier molecular flexibility index (Phi) is 7.70. The highest BCUT2D eigenvalue weighted by molar-refractivity contribution is 5.77. The van der Waals surface area contributed by atoms with E-state index >= 15 is 0 Å². The topological polar surface area (TPSA) is 66.0 Å². The van der Waals surface area contributed by atoms with Gasteiger partial charge in [-0.25, -0.2) is 0 Å². The molecule has 1 unspecified atom stereocenters.